The second-order valence-corrected chi connectivity index (χ2v) is 15.1. The number of nitrogens with zero attached hydrogens (tertiary/aromatic N) is 6. The molecule has 5 rings (SSSR count). The van der Waals surface area contributed by atoms with Crippen LogP contribution in [0.2, 0.25) is 0 Å². The largest absolute Gasteiger partial charge is 0.441 e. The molecule has 3 heterocycles. The van der Waals surface area contributed by atoms with Gasteiger partial charge in [0.25, 0.3) is 0 Å². The molecule has 0 bridgehead atoms. The molecule has 2 atom stereocenters. The third kappa shape index (κ3) is 6.45. The summed E-state index contributed by atoms with van der Waals surface area (Å²) in [7, 11) is -2.57. The molecule has 12 heteroatoms. The Kier molecular flexibility index (Phi) is 7.70. The first-order chi connectivity index (χ1) is 19.3. The molecule has 0 N–H and O–H groups in total. The van der Waals surface area contributed by atoms with E-state index in [1.165, 1.54) is 0 Å². The Balaban J connectivity index is 1.26. The van der Waals surface area contributed by atoms with Crippen LogP contribution in [-0.4, -0.2) is 64.3 Å². The maximum absolute atomic E-state index is 13.1. The fraction of sp³-hybridized carbons (Fsp3) is 0.552. The number of hydrogen-bond acceptors (Lipinski definition) is 8. The molecule has 41 heavy (non-hydrogen) atoms. The van der Waals surface area contributed by atoms with Crippen molar-refractivity contribution >= 4 is 36.0 Å². The van der Waals surface area contributed by atoms with Crippen molar-refractivity contribution in [3.8, 4) is 0 Å². The van der Waals surface area contributed by atoms with Crippen molar-refractivity contribution in [3.63, 3.8) is 0 Å². The highest BCUT2D eigenvalue weighted by Crippen LogP contribution is 2.48. The summed E-state index contributed by atoms with van der Waals surface area (Å²) in [6.45, 7) is 18.1. The predicted molar refractivity (Wildman–Crippen MR) is 156 cm³/mol. The number of ether oxygens (including phenoxy) is 2. The minimum Gasteiger partial charge on any atom is -0.441 e. The van der Waals surface area contributed by atoms with Gasteiger partial charge in [-0.25, -0.2) is 19.6 Å². The van der Waals surface area contributed by atoms with Crippen molar-refractivity contribution in [2.45, 2.75) is 64.2 Å². The van der Waals surface area contributed by atoms with Crippen LogP contribution in [-0.2, 0) is 30.7 Å². The van der Waals surface area contributed by atoms with Crippen LogP contribution >= 0.6 is 7.37 Å². The van der Waals surface area contributed by atoms with Gasteiger partial charge in [-0.1, -0.05) is 13.0 Å². The first kappa shape index (κ1) is 29.2. The standard InChI is InChI=1S/C29H37N6O5P/c1-27(2,38-12-13-39-41(5,6)37)24-15-32-25(16-31-24)35-19-29(40-26(35)36)11-7-10-28(3,17-29)18-34-20-33-22-9-8-21(30-4)14-23(22)34/h8-9,14-16,20H,7,10-13,17-19H2,1-3,5-6H3/t28-,29-/m0/s1. The van der Waals surface area contributed by atoms with E-state index in [1.54, 1.807) is 36.7 Å². The van der Waals surface area contributed by atoms with Gasteiger partial charge in [-0.2, -0.15) is 0 Å². The highest BCUT2D eigenvalue weighted by molar-refractivity contribution is 7.57. The highest BCUT2D eigenvalue weighted by Gasteiger charge is 2.52. The minimum absolute atomic E-state index is 0.125. The van der Waals surface area contributed by atoms with Crippen LogP contribution in [0.4, 0.5) is 16.3 Å². The number of carbonyl (C=O) groups excluding carboxylic acids is 1. The summed E-state index contributed by atoms with van der Waals surface area (Å²) in [5.41, 5.74) is 1.52. The molecule has 1 aromatic carbocycles. The molecule has 1 saturated heterocycles. The number of amides is 1. The lowest BCUT2D eigenvalue weighted by molar-refractivity contribution is -0.0363. The van der Waals surface area contributed by atoms with E-state index >= 15 is 0 Å². The maximum Gasteiger partial charge on any atom is 0.416 e. The molecule has 218 valence electrons. The van der Waals surface area contributed by atoms with Gasteiger partial charge in [-0.05, 0) is 57.1 Å². The number of fused-ring (bicyclic) bond motifs is 1. The first-order valence-corrected chi connectivity index (χ1v) is 16.3. The van der Waals surface area contributed by atoms with Gasteiger partial charge in [-0.3, -0.25) is 14.4 Å². The van der Waals surface area contributed by atoms with Gasteiger partial charge >= 0.3 is 6.09 Å². The minimum atomic E-state index is -2.57. The van der Waals surface area contributed by atoms with Crippen LogP contribution in [0.25, 0.3) is 15.9 Å². The smallest absolute Gasteiger partial charge is 0.416 e. The molecule has 0 unspecified atom stereocenters. The van der Waals surface area contributed by atoms with E-state index in [0.29, 0.717) is 36.7 Å². The number of aromatic nitrogens is 4. The van der Waals surface area contributed by atoms with Gasteiger partial charge in [0, 0.05) is 19.9 Å². The fourth-order valence-electron chi connectivity index (χ4n) is 6.00. The molecule has 2 aromatic heterocycles. The van der Waals surface area contributed by atoms with Crippen molar-refractivity contribution in [1.82, 2.24) is 19.5 Å². The average Bonchev–Trinajstić information content (AvgIpc) is 3.45. The summed E-state index contributed by atoms with van der Waals surface area (Å²) < 4.78 is 31.1. The van der Waals surface area contributed by atoms with Crippen molar-refractivity contribution in [2.75, 3.05) is 38.0 Å². The topological polar surface area (TPSA) is 113 Å². The molecule has 3 aromatic rings. The molecule has 1 amide bonds. The zero-order chi connectivity index (χ0) is 29.5. The lowest BCUT2D eigenvalue weighted by atomic mass is 9.68. The molecule has 0 radical (unpaired) electrons. The van der Waals surface area contributed by atoms with Gasteiger partial charge < -0.3 is 18.6 Å². The fourth-order valence-corrected chi connectivity index (χ4v) is 6.51. The number of carbonyl (C=O) groups is 1. The van der Waals surface area contributed by atoms with Gasteiger partial charge in [0.15, 0.2) is 18.9 Å². The van der Waals surface area contributed by atoms with E-state index in [0.717, 1.165) is 30.3 Å². The lowest BCUT2D eigenvalue weighted by Gasteiger charge is -2.43. The number of imidazole rings is 1. The van der Waals surface area contributed by atoms with Gasteiger partial charge in [-0.15, -0.1) is 0 Å². The third-order valence-corrected chi connectivity index (χ3v) is 8.70. The molecule has 1 aliphatic carbocycles. The Morgan fingerprint density at radius 1 is 1.17 bits per heavy atom. The summed E-state index contributed by atoms with van der Waals surface area (Å²) in [5.74, 6) is 0.437. The molecular formula is C29H37N6O5P. The van der Waals surface area contributed by atoms with E-state index in [1.807, 2.05) is 32.3 Å². The second kappa shape index (κ2) is 10.8. The SMILES string of the molecule is [C-]#[N+]c1ccc2ncn(C[C@@]3(C)CCC[C@@]4(CN(c5cnc(C(C)(C)OCCOP(C)(C)=O)cn5)C(=O)O4)C3)c2c1. The van der Waals surface area contributed by atoms with Crippen LogP contribution in [0.1, 0.15) is 52.1 Å². The highest BCUT2D eigenvalue weighted by atomic mass is 31.2. The third-order valence-electron chi connectivity index (χ3n) is 7.90. The second-order valence-electron chi connectivity index (χ2n) is 12.3. The summed E-state index contributed by atoms with van der Waals surface area (Å²) in [4.78, 5) is 31.8. The monoisotopic (exact) mass is 580 g/mol. The summed E-state index contributed by atoms with van der Waals surface area (Å²) in [5, 5.41) is 0. The zero-order valence-corrected chi connectivity index (χ0v) is 25.2. The first-order valence-electron chi connectivity index (χ1n) is 13.8. The Morgan fingerprint density at radius 2 is 1.98 bits per heavy atom. The van der Waals surface area contributed by atoms with Crippen LogP contribution in [0.15, 0.2) is 36.9 Å². The van der Waals surface area contributed by atoms with Gasteiger partial charge in [0.1, 0.15) is 11.2 Å². The number of rotatable bonds is 9. The summed E-state index contributed by atoms with van der Waals surface area (Å²) >= 11 is 0. The molecular weight excluding hydrogens is 543 g/mol. The normalized spacial score (nSPS) is 23.2. The van der Waals surface area contributed by atoms with Crippen molar-refractivity contribution in [2.24, 2.45) is 5.41 Å². The molecule has 11 nitrogen and oxygen atoms in total. The van der Waals surface area contributed by atoms with E-state index in [-0.39, 0.29) is 18.6 Å². The van der Waals surface area contributed by atoms with E-state index < -0.39 is 24.7 Å². The Bertz CT molecular complexity index is 1530. The van der Waals surface area contributed by atoms with Crippen LogP contribution in [0.5, 0.6) is 0 Å². The van der Waals surface area contributed by atoms with Crippen LogP contribution in [0.3, 0.4) is 0 Å². The van der Waals surface area contributed by atoms with Crippen molar-refractivity contribution in [3.05, 3.63) is 54.0 Å². The Morgan fingerprint density at radius 3 is 2.68 bits per heavy atom. The predicted octanol–water partition coefficient (Wildman–Crippen LogP) is 6.16. The summed E-state index contributed by atoms with van der Waals surface area (Å²) in [6.07, 6.45) is 8.04. The van der Waals surface area contributed by atoms with E-state index in [2.05, 4.69) is 31.3 Å². The van der Waals surface area contributed by atoms with Gasteiger partial charge in [0.05, 0.1) is 61.8 Å². The quantitative estimate of drug-likeness (QED) is 0.168. The van der Waals surface area contributed by atoms with Crippen molar-refractivity contribution < 1.29 is 23.4 Å². The molecule has 1 aliphatic heterocycles. The molecule has 2 aliphatic rings. The maximum atomic E-state index is 13.1. The molecule has 1 saturated carbocycles. The Labute approximate surface area is 240 Å². The summed E-state index contributed by atoms with van der Waals surface area (Å²) in [6, 6.07) is 5.55. The molecule has 1 spiro atoms. The lowest BCUT2D eigenvalue weighted by Crippen LogP contribution is -2.45. The van der Waals surface area contributed by atoms with Crippen molar-refractivity contribution in [1.29, 1.82) is 0 Å². The number of benzene rings is 1. The van der Waals surface area contributed by atoms with Gasteiger partial charge in [0.2, 0.25) is 0 Å². The number of anilines is 1. The number of hydrogen-bond donors (Lipinski definition) is 0. The van der Waals surface area contributed by atoms with E-state index in [4.69, 9.17) is 20.6 Å². The van der Waals surface area contributed by atoms with E-state index in [9.17, 15) is 9.36 Å². The van der Waals surface area contributed by atoms with Crippen LogP contribution in [0, 0.1) is 12.0 Å². The molecule has 2 fully saturated rings. The zero-order valence-electron chi connectivity index (χ0n) is 24.3. The Hall–Kier alpha value is -3.32. The average molecular weight is 581 g/mol. The van der Waals surface area contributed by atoms with Crippen LogP contribution < -0.4 is 4.90 Å².